The third kappa shape index (κ3) is 5.60. The number of aromatic nitrogens is 2. The number of benzene rings is 2. The Balaban J connectivity index is 1.52. The summed E-state index contributed by atoms with van der Waals surface area (Å²) in [6.07, 6.45) is 3.65. The minimum absolute atomic E-state index is 0.00599. The van der Waals surface area contributed by atoms with E-state index in [-0.39, 0.29) is 23.7 Å². The normalized spacial score (nSPS) is 13.5. The molecule has 180 valence electrons. The maximum Gasteiger partial charge on any atom is 0.276 e. The van der Waals surface area contributed by atoms with Gasteiger partial charge in [-0.15, -0.1) is 0 Å². The molecule has 8 heteroatoms. The Hall–Kier alpha value is -3.91. The quantitative estimate of drug-likeness (QED) is 0.543. The molecule has 0 saturated heterocycles. The number of aliphatic imine (C=N–C) groups is 1. The zero-order valence-electron chi connectivity index (χ0n) is 20.7. The monoisotopic (exact) mass is 470 g/mol. The lowest BCUT2D eigenvalue weighted by molar-refractivity contribution is -0.117. The highest BCUT2D eigenvalue weighted by Crippen LogP contribution is 2.35. The van der Waals surface area contributed by atoms with E-state index in [1.165, 1.54) is 0 Å². The molecule has 0 spiro atoms. The van der Waals surface area contributed by atoms with Crippen LogP contribution in [0.3, 0.4) is 0 Å². The lowest BCUT2D eigenvalue weighted by atomic mass is 9.95. The minimum Gasteiger partial charge on any atom is -0.324 e. The summed E-state index contributed by atoms with van der Waals surface area (Å²) >= 11 is 0. The highest BCUT2D eigenvalue weighted by molar-refractivity contribution is 6.01. The Morgan fingerprint density at radius 1 is 1.17 bits per heavy atom. The Morgan fingerprint density at radius 2 is 1.89 bits per heavy atom. The van der Waals surface area contributed by atoms with Gasteiger partial charge >= 0.3 is 0 Å². The van der Waals surface area contributed by atoms with Crippen LogP contribution in [0.4, 0.5) is 17.3 Å². The zero-order chi connectivity index (χ0) is 25.2. The summed E-state index contributed by atoms with van der Waals surface area (Å²) in [5.41, 5.74) is 4.27. The first kappa shape index (κ1) is 24.2. The number of amides is 2. The molecule has 2 amide bonds. The molecule has 0 radical (unpaired) electrons. The number of anilines is 3. The molecule has 1 aliphatic rings. The predicted molar refractivity (Wildman–Crippen MR) is 139 cm³/mol. The second kappa shape index (κ2) is 9.76. The van der Waals surface area contributed by atoms with E-state index >= 15 is 0 Å². The van der Waals surface area contributed by atoms with E-state index < -0.39 is 0 Å². The van der Waals surface area contributed by atoms with Gasteiger partial charge in [-0.2, -0.15) is 0 Å². The van der Waals surface area contributed by atoms with Crippen molar-refractivity contribution in [2.75, 3.05) is 37.9 Å². The van der Waals surface area contributed by atoms with Crippen LogP contribution in [0.15, 0.2) is 59.7 Å². The van der Waals surface area contributed by atoms with Gasteiger partial charge in [-0.05, 0) is 44.4 Å². The van der Waals surface area contributed by atoms with E-state index in [1.807, 2.05) is 52.2 Å². The van der Waals surface area contributed by atoms with Crippen molar-refractivity contribution >= 4 is 35.4 Å². The summed E-state index contributed by atoms with van der Waals surface area (Å²) < 4.78 is 0. The molecule has 0 unspecified atom stereocenters. The van der Waals surface area contributed by atoms with Gasteiger partial charge in [-0.3, -0.25) is 9.59 Å². The molecular weight excluding hydrogens is 440 g/mol. The standard InChI is InChI=1S/C27H30N6O2/c1-27(2,17-32(3)4)16-29-25(35)18-10-12-20(13-11-18)30-26-28-15-19-14-23(34)33(5)22-9-7-6-8-21(22)24(19)31-26/h6-13,15-16H,14,17H2,1-5H3,(H,28,30,31). The van der Waals surface area contributed by atoms with Crippen molar-refractivity contribution in [3.63, 3.8) is 0 Å². The van der Waals surface area contributed by atoms with Crippen LogP contribution in [-0.2, 0) is 11.2 Å². The van der Waals surface area contributed by atoms with Gasteiger partial charge in [0.2, 0.25) is 11.9 Å². The molecule has 2 aromatic carbocycles. The SMILES string of the molecule is CN(C)CC(C)(C)C=NC(=O)c1ccc(Nc2ncc3c(n2)-c2ccccc2N(C)C(=O)C3)cc1. The van der Waals surface area contributed by atoms with Crippen molar-refractivity contribution in [3.05, 3.63) is 65.9 Å². The minimum atomic E-state index is -0.282. The number of carbonyl (C=O) groups is 2. The molecule has 0 atom stereocenters. The first-order valence-corrected chi connectivity index (χ1v) is 11.5. The van der Waals surface area contributed by atoms with Gasteiger partial charge in [0.1, 0.15) is 0 Å². The highest BCUT2D eigenvalue weighted by atomic mass is 16.2. The van der Waals surface area contributed by atoms with Gasteiger partial charge in [0, 0.05) is 53.8 Å². The van der Waals surface area contributed by atoms with E-state index in [0.717, 1.165) is 34.7 Å². The second-order valence-electron chi connectivity index (χ2n) is 9.71. The number of likely N-dealkylation sites (N-methyl/N-ethyl adjacent to an activating group) is 1. The lowest BCUT2D eigenvalue weighted by Gasteiger charge is -2.23. The van der Waals surface area contributed by atoms with Crippen LogP contribution in [0.25, 0.3) is 11.3 Å². The summed E-state index contributed by atoms with van der Waals surface area (Å²) in [5.74, 6) is 0.127. The Kier molecular flexibility index (Phi) is 6.75. The van der Waals surface area contributed by atoms with Gasteiger partial charge < -0.3 is 15.1 Å². The molecule has 0 bridgehead atoms. The summed E-state index contributed by atoms with van der Waals surface area (Å²) in [6, 6.07) is 14.8. The van der Waals surface area contributed by atoms with E-state index in [0.29, 0.717) is 11.5 Å². The molecule has 4 rings (SSSR count). The van der Waals surface area contributed by atoms with Crippen molar-refractivity contribution in [2.24, 2.45) is 10.4 Å². The third-order valence-electron chi connectivity index (χ3n) is 5.74. The van der Waals surface area contributed by atoms with Crippen molar-refractivity contribution in [1.82, 2.24) is 14.9 Å². The fraction of sp³-hybridized carbons (Fsp3) is 0.296. The molecule has 3 aromatic rings. The van der Waals surface area contributed by atoms with Crippen molar-refractivity contribution in [2.45, 2.75) is 20.3 Å². The number of hydrogen-bond donors (Lipinski definition) is 1. The third-order valence-corrected chi connectivity index (χ3v) is 5.74. The molecule has 35 heavy (non-hydrogen) atoms. The number of nitrogens with zero attached hydrogens (tertiary/aromatic N) is 5. The van der Waals surface area contributed by atoms with Crippen LogP contribution in [-0.4, -0.2) is 60.6 Å². The summed E-state index contributed by atoms with van der Waals surface area (Å²) in [5, 5.41) is 3.20. The van der Waals surface area contributed by atoms with Gasteiger partial charge in [0.15, 0.2) is 0 Å². The first-order chi connectivity index (χ1) is 16.6. The number of nitrogens with one attached hydrogen (secondary N) is 1. The summed E-state index contributed by atoms with van der Waals surface area (Å²) in [4.78, 5) is 42.1. The van der Waals surface area contributed by atoms with Crippen LogP contribution >= 0.6 is 0 Å². The number of carbonyl (C=O) groups excluding carboxylic acids is 2. The maximum atomic E-state index is 12.6. The van der Waals surface area contributed by atoms with Crippen molar-refractivity contribution in [3.8, 4) is 11.3 Å². The van der Waals surface area contributed by atoms with E-state index in [1.54, 1.807) is 48.6 Å². The van der Waals surface area contributed by atoms with E-state index in [9.17, 15) is 9.59 Å². The summed E-state index contributed by atoms with van der Waals surface area (Å²) in [6.45, 7) is 4.88. The molecule has 1 aliphatic heterocycles. The van der Waals surface area contributed by atoms with Gasteiger partial charge in [0.25, 0.3) is 5.91 Å². The molecule has 0 aliphatic carbocycles. The molecular formula is C27H30N6O2. The number of para-hydroxylation sites is 1. The maximum absolute atomic E-state index is 12.6. The second-order valence-corrected chi connectivity index (χ2v) is 9.71. The van der Waals surface area contributed by atoms with Crippen LogP contribution in [0, 0.1) is 5.41 Å². The van der Waals surface area contributed by atoms with Gasteiger partial charge in [0.05, 0.1) is 17.8 Å². The average Bonchev–Trinajstić information content (AvgIpc) is 2.92. The molecule has 8 nitrogen and oxygen atoms in total. The zero-order valence-corrected chi connectivity index (χ0v) is 20.7. The Morgan fingerprint density at radius 3 is 2.60 bits per heavy atom. The van der Waals surface area contributed by atoms with Crippen LogP contribution < -0.4 is 10.2 Å². The lowest BCUT2D eigenvalue weighted by Crippen LogP contribution is -2.30. The predicted octanol–water partition coefficient (Wildman–Crippen LogP) is 4.20. The average molecular weight is 471 g/mol. The number of fused-ring (bicyclic) bond motifs is 3. The largest absolute Gasteiger partial charge is 0.324 e. The van der Waals surface area contributed by atoms with Gasteiger partial charge in [-0.1, -0.05) is 32.0 Å². The number of hydrogen-bond acceptors (Lipinski definition) is 6. The topological polar surface area (TPSA) is 90.8 Å². The first-order valence-electron chi connectivity index (χ1n) is 11.5. The smallest absolute Gasteiger partial charge is 0.276 e. The van der Waals surface area contributed by atoms with Gasteiger partial charge in [-0.25, -0.2) is 15.0 Å². The molecule has 2 heterocycles. The number of rotatable bonds is 6. The Labute approximate surface area is 205 Å². The van der Waals surface area contributed by atoms with Crippen molar-refractivity contribution in [1.29, 1.82) is 0 Å². The molecule has 0 saturated carbocycles. The fourth-order valence-electron chi connectivity index (χ4n) is 4.20. The highest BCUT2D eigenvalue weighted by Gasteiger charge is 2.24. The van der Waals surface area contributed by atoms with E-state index in [2.05, 4.69) is 20.2 Å². The molecule has 1 aromatic heterocycles. The van der Waals surface area contributed by atoms with Crippen molar-refractivity contribution < 1.29 is 9.59 Å². The fourth-order valence-corrected chi connectivity index (χ4v) is 4.20. The van der Waals surface area contributed by atoms with Crippen LogP contribution in [0.5, 0.6) is 0 Å². The van der Waals surface area contributed by atoms with Crippen LogP contribution in [0.1, 0.15) is 29.8 Å². The molecule has 0 fully saturated rings. The van der Waals surface area contributed by atoms with Crippen LogP contribution in [0.2, 0.25) is 0 Å². The Bertz CT molecular complexity index is 1280. The van der Waals surface area contributed by atoms with E-state index in [4.69, 9.17) is 4.98 Å². The summed E-state index contributed by atoms with van der Waals surface area (Å²) in [7, 11) is 5.76. The molecule has 1 N–H and O–H groups in total.